The van der Waals surface area contributed by atoms with Gasteiger partial charge in [-0.3, -0.25) is 0 Å². The second-order valence-electron chi connectivity index (χ2n) is 13.9. The molecule has 4 bridgehead atoms. The van der Waals surface area contributed by atoms with Gasteiger partial charge in [-0.1, -0.05) is 84.9 Å². The van der Waals surface area contributed by atoms with E-state index in [1.807, 2.05) is 0 Å². The molecule has 0 radical (unpaired) electrons. The minimum atomic E-state index is 0.263. The van der Waals surface area contributed by atoms with Gasteiger partial charge in [-0.25, -0.2) is 0 Å². The van der Waals surface area contributed by atoms with Gasteiger partial charge in [0.05, 0.1) is 0 Å². The maximum absolute atomic E-state index is 3.31. The van der Waals surface area contributed by atoms with Gasteiger partial charge in [0.1, 0.15) is 0 Å². The number of fused-ring (bicyclic) bond motifs is 6. The molecular formula is C41H47N3. The predicted molar refractivity (Wildman–Crippen MR) is 183 cm³/mol. The normalized spacial score (nSPS) is 27.2. The number of aryl methyl sites for hydroxylation is 2. The molecule has 0 saturated carbocycles. The van der Waals surface area contributed by atoms with Crippen molar-refractivity contribution in [3.63, 3.8) is 0 Å². The lowest BCUT2D eigenvalue weighted by molar-refractivity contribution is 0.0894. The van der Waals surface area contributed by atoms with Gasteiger partial charge in [-0.15, -0.1) is 0 Å². The van der Waals surface area contributed by atoms with Crippen LogP contribution in [0, 0.1) is 5.92 Å². The molecular weight excluding hydrogens is 534 g/mol. The molecule has 3 aliphatic carbocycles. The highest BCUT2D eigenvalue weighted by Gasteiger charge is 2.47. The fourth-order valence-corrected chi connectivity index (χ4v) is 9.62. The van der Waals surface area contributed by atoms with Crippen LogP contribution in [0.15, 0.2) is 97.1 Å². The molecule has 7 aliphatic rings. The number of benzene rings is 4. The Morgan fingerprint density at radius 2 is 1.27 bits per heavy atom. The SMILES string of the molecule is CNCCCC12CCC(c3ccccc31)c1ccccc12.c1ccc2c(c1)CCc1ccccc1N2C1CN2CCC1CC2. The molecule has 4 aromatic carbocycles. The van der Waals surface area contributed by atoms with Crippen molar-refractivity contribution in [1.29, 1.82) is 0 Å². The number of hydrogen-bond acceptors (Lipinski definition) is 3. The lowest BCUT2D eigenvalue weighted by atomic mass is 9.54. The lowest BCUT2D eigenvalue weighted by Crippen LogP contribution is -2.56. The minimum Gasteiger partial charge on any atom is -0.336 e. The van der Waals surface area contributed by atoms with E-state index < -0.39 is 0 Å². The van der Waals surface area contributed by atoms with Gasteiger partial charge in [-0.05, 0) is 129 Å². The van der Waals surface area contributed by atoms with Gasteiger partial charge in [0.25, 0.3) is 0 Å². The lowest BCUT2D eigenvalue weighted by Gasteiger charge is -2.50. The third-order valence-electron chi connectivity index (χ3n) is 11.7. The van der Waals surface area contributed by atoms with Crippen LogP contribution < -0.4 is 10.2 Å². The summed E-state index contributed by atoms with van der Waals surface area (Å²) in [6.45, 7) is 4.94. The van der Waals surface area contributed by atoms with Crippen LogP contribution in [-0.2, 0) is 18.3 Å². The molecule has 0 amide bonds. The molecule has 44 heavy (non-hydrogen) atoms. The van der Waals surface area contributed by atoms with Crippen LogP contribution in [-0.4, -0.2) is 44.2 Å². The molecule has 226 valence electrons. The molecule has 1 unspecified atom stereocenters. The van der Waals surface area contributed by atoms with E-state index in [-0.39, 0.29) is 5.41 Å². The molecule has 0 spiro atoms. The molecule has 4 aromatic rings. The average Bonchev–Trinajstić information content (AvgIpc) is 3.27. The number of rotatable bonds is 5. The smallest absolute Gasteiger partial charge is 0.0498 e. The van der Waals surface area contributed by atoms with Gasteiger partial charge < -0.3 is 15.1 Å². The summed E-state index contributed by atoms with van der Waals surface area (Å²) in [7, 11) is 2.05. The first kappa shape index (κ1) is 28.1. The van der Waals surface area contributed by atoms with Crippen LogP contribution in [0.1, 0.15) is 77.8 Å². The van der Waals surface area contributed by atoms with Gasteiger partial charge in [-0.2, -0.15) is 0 Å². The Labute approximate surface area is 264 Å². The third-order valence-corrected chi connectivity index (χ3v) is 11.7. The molecule has 3 nitrogen and oxygen atoms in total. The van der Waals surface area contributed by atoms with Crippen LogP contribution in [0.4, 0.5) is 11.4 Å². The van der Waals surface area contributed by atoms with Gasteiger partial charge in [0, 0.05) is 35.3 Å². The van der Waals surface area contributed by atoms with E-state index in [2.05, 4.69) is 119 Å². The summed E-state index contributed by atoms with van der Waals surface area (Å²) in [5, 5.41) is 3.31. The number of piperidine rings is 3. The van der Waals surface area contributed by atoms with E-state index in [0.717, 1.165) is 25.3 Å². The first-order chi connectivity index (χ1) is 21.8. The van der Waals surface area contributed by atoms with Crippen LogP contribution >= 0.6 is 0 Å². The Balaban J connectivity index is 0.000000132. The Morgan fingerprint density at radius 1 is 0.705 bits per heavy atom. The fraction of sp³-hybridized carbons (Fsp3) is 0.415. The predicted octanol–water partition coefficient (Wildman–Crippen LogP) is 8.23. The van der Waals surface area contributed by atoms with E-state index in [1.165, 1.54) is 80.7 Å². The summed E-state index contributed by atoms with van der Waals surface area (Å²) in [6, 6.07) is 37.2. The quantitative estimate of drug-likeness (QED) is 0.240. The largest absolute Gasteiger partial charge is 0.336 e. The highest BCUT2D eigenvalue weighted by atomic mass is 15.3. The molecule has 1 N–H and O–H groups in total. The van der Waals surface area contributed by atoms with Crippen LogP contribution in [0.2, 0.25) is 0 Å². The van der Waals surface area contributed by atoms with Crippen molar-refractivity contribution in [1.82, 2.24) is 10.2 Å². The van der Waals surface area contributed by atoms with Crippen LogP contribution in [0.5, 0.6) is 0 Å². The summed E-state index contributed by atoms with van der Waals surface area (Å²) in [5.41, 5.74) is 12.6. The number of hydrogen-bond donors (Lipinski definition) is 1. The van der Waals surface area contributed by atoms with Gasteiger partial charge in [0.15, 0.2) is 0 Å². The van der Waals surface area contributed by atoms with Crippen molar-refractivity contribution in [2.75, 3.05) is 38.1 Å². The highest BCUT2D eigenvalue weighted by molar-refractivity contribution is 5.72. The van der Waals surface area contributed by atoms with Crippen molar-refractivity contribution in [3.05, 3.63) is 130 Å². The van der Waals surface area contributed by atoms with E-state index >= 15 is 0 Å². The van der Waals surface area contributed by atoms with E-state index in [9.17, 15) is 0 Å². The fourth-order valence-electron chi connectivity index (χ4n) is 9.62. The average molecular weight is 582 g/mol. The monoisotopic (exact) mass is 581 g/mol. The van der Waals surface area contributed by atoms with Gasteiger partial charge in [0.2, 0.25) is 0 Å². The molecule has 11 rings (SSSR count). The summed E-state index contributed by atoms with van der Waals surface area (Å²) in [6.07, 6.45) is 10.2. The van der Waals surface area contributed by atoms with Crippen LogP contribution in [0.25, 0.3) is 0 Å². The standard InChI is InChI=1S/C21H24N2.C20H23N/c1-3-7-19-16(5-1)9-10-17-6-2-4-8-20(17)23(19)21-15-22-13-11-18(21)12-14-22;1-21-14-6-12-20-13-11-15(16-7-2-4-9-18(16)20)17-8-3-5-10-19(17)20/h1-8,18,21H,9-15H2;2-5,7-10,15,21H,6,11-14H2,1H3. The topological polar surface area (TPSA) is 18.5 Å². The maximum atomic E-state index is 3.31. The second-order valence-corrected chi connectivity index (χ2v) is 13.9. The van der Waals surface area contributed by atoms with E-state index in [4.69, 9.17) is 0 Å². The van der Waals surface area contributed by atoms with Crippen molar-refractivity contribution in [2.24, 2.45) is 5.92 Å². The van der Waals surface area contributed by atoms with Crippen molar-refractivity contribution < 1.29 is 0 Å². The molecule has 3 fully saturated rings. The number of para-hydroxylation sites is 2. The summed E-state index contributed by atoms with van der Waals surface area (Å²) < 4.78 is 0. The van der Waals surface area contributed by atoms with E-state index in [1.54, 1.807) is 22.3 Å². The summed E-state index contributed by atoms with van der Waals surface area (Å²) in [5.74, 6) is 1.47. The third kappa shape index (κ3) is 4.71. The molecule has 3 saturated heterocycles. The molecule has 4 aliphatic heterocycles. The molecule has 1 atom stereocenters. The second kappa shape index (κ2) is 11.8. The summed E-state index contributed by atoms with van der Waals surface area (Å²) in [4.78, 5) is 5.37. The Hall–Kier alpha value is -3.40. The zero-order valence-electron chi connectivity index (χ0n) is 26.3. The summed E-state index contributed by atoms with van der Waals surface area (Å²) >= 11 is 0. The Bertz CT molecular complexity index is 1520. The highest BCUT2D eigenvalue weighted by Crippen LogP contribution is 2.58. The van der Waals surface area contributed by atoms with Gasteiger partial charge >= 0.3 is 0 Å². The van der Waals surface area contributed by atoms with E-state index in [0.29, 0.717) is 12.0 Å². The molecule has 4 heterocycles. The Morgan fingerprint density at radius 3 is 1.84 bits per heavy atom. The first-order valence-corrected chi connectivity index (χ1v) is 17.3. The minimum absolute atomic E-state index is 0.263. The molecule has 0 aromatic heterocycles. The van der Waals surface area contributed by atoms with Crippen molar-refractivity contribution in [3.8, 4) is 0 Å². The first-order valence-electron chi connectivity index (χ1n) is 17.3. The van der Waals surface area contributed by atoms with Crippen molar-refractivity contribution in [2.45, 2.75) is 68.7 Å². The zero-order valence-corrected chi connectivity index (χ0v) is 26.3. The number of anilines is 2. The number of nitrogens with one attached hydrogen (secondary N) is 1. The maximum Gasteiger partial charge on any atom is 0.0498 e. The van der Waals surface area contributed by atoms with Crippen molar-refractivity contribution >= 4 is 11.4 Å². The zero-order chi connectivity index (χ0) is 29.5. The number of nitrogens with zero attached hydrogens (tertiary/aromatic N) is 2. The Kier molecular flexibility index (Phi) is 7.56. The molecule has 3 heteroatoms. The van der Waals surface area contributed by atoms with Crippen LogP contribution in [0.3, 0.4) is 0 Å².